The standard InChI is InChI=1S/C31H32NOSi/c1-18(2)26-22-13-9-8-12-21(22)19(3)27-30-29-23(15-16-32(30)4)28-20(17-24(29)33-31(26)27)11-10-14-25(28)34(5,6)7/h8-18H,1-7H3/q+1. The molecule has 0 bridgehead atoms. The molecule has 0 radical (unpaired) electrons. The van der Waals surface area contributed by atoms with Crippen molar-refractivity contribution in [1.82, 2.24) is 0 Å². The SMILES string of the molecule is Cc1c2c(c(C(C)C)c3ccccc13)Oc1cc3cccc([Si](C)(C)C)c3c3cc[n+](C)c-2c13. The van der Waals surface area contributed by atoms with Crippen LogP contribution in [-0.4, -0.2) is 8.07 Å². The number of hydrogen-bond donors (Lipinski definition) is 0. The second kappa shape index (κ2) is 7.16. The summed E-state index contributed by atoms with van der Waals surface area (Å²) in [6.45, 7) is 14.1. The Kier molecular flexibility index (Phi) is 4.50. The maximum Gasteiger partial charge on any atom is 0.228 e. The number of aryl methyl sites for hydroxylation is 2. The van der Waals surface area contributed by atoms with Crippen molar-refractivity contribution in [3.63, 3.8) is 0 Å². The van der Waals surface area contributed by atoms with Crippen LogP contribution in [0.3, 0.4) is 0 Å². The quantitative estimate of drug-likeness (QED) is 0.146. The van der Waals surface area contributed by atoms with Gasteiger partial charge in [0.05, 0.1) is 19.0 Å². The van der Waals surface area contributed by atoms with Gasteiger partial charge < -0.3 is 4.74 Å². The third kappa shape index (κ3) is 2.83. The van der Waals surface area contributed by atoms with Crippen molar-refractivity contribution in [2.75, 3.05) is 0 Å². The van der Waals surface area contributed by atoms with Gasteiger partial charge in [-0.3, -0.25) is 0 Å². The summed E-state index contributed by atoms with van der Waals surface area (Å²) < 4.78 is 9.21. The fourth-order valence-corrected chi connectivity index (χ4v) is 7.62. The molecule has 0 amide bonds. The zero-order valence-electron chi connectivity index (χ0n) is 21.2. The van der Waals surface area contributed by atoms with Gasteiger partial charge in [0.2, 0.25) is 5.69 Å². The average molecular weight is 463 g/mol. The zero-order valence-corrected chi connectivity index (χ0v) is 22.2. The van der Waals surface area contributed by atoms with Crippen LogP contribution in [0.1, 0.15) is 30.9 Å². The molecule has 6 rings (SSSR count). The largest absolute Gasteiger partial charge is 0.455 e. The Bertz CT molecular complexity index is 1660. The molecule has 0 aliphatic carbocycles. The number of fused-ring (bicyclic) bond motifs is 5. The summed E-state index contributed by atoms with van der Waals surface area (Å²) in [5.74, 6) is 2.36. The lowest BCUT2D eigenvalue weighted by Gasteiger charge is -2.28. The predicted molar refractivity (Wildman–Crippen MR) is 147 cm³/mol. The van der Waals surface area contributed by atoms with E-state index < -0.39 is 8.07 Å². The van der Waals surface area contributed by atoms with E-state index in [0.29, 0.717) is 5.92 Å². The van der Waals surface area contributed by atoms with Gasteiger partial charge >= 0.3 is 0 Å². The van der Waals surface area contributed by atoms with Gasteiger partial charge in [-0.2, -0.15) is 0 Å². The lowest BCUT2D eigenvalue weighted by atomic mass is 9.85. The number of benzene rings is 4. The van der Waals surface area contributed by atoms with Crippen molar-refractivity contribution in [2.24, 2.45) is 7.05 Å². The molecule has 1 aromatic heterocycles. The molecular formula is C31H32NOSi+. The van der Waals surface area contributed by atoms with Gasteiger partial charge in [-0.15, -0.1) is 0 Å². The zero-order chi connectivity index (χ0) is 23.9. The highest BCUT2D eigenvalue weighted by molar-refractivity contribution is 6.90. The first-order valence-electron chi connectivity index (χ1n) is 12.3. The van der Waals surface area contributed by atoms with Crippen molar-refractivity contribution in [1.29, 1.82) is 0 Å². The molecular weight excluding hydrogens is 430 g/mol. The summed E-state index contributed by atoms with van der Waals surface area (Å²) in [5.41, 5.74) is 5.11. The van der Waals surface area contributed by atoms with Gasteiger partial charge in [-0.05, 0) is 46.0 Å². The first-order valence-corrected chi connectivity index (χ1v) is 15.8. The van der Waals surface area contributed by atoms with Crippen LogP contribution in [0.15, 0.2) is 60.8 Å². The van der Waals surface area contributed by atoms with Gasteiger partial charge in [-0.1, -0.05) is 81.1 Å². The van der Waals surface area contributed by atoms with Crippen LogP contribution in [0.5, 0.6) is 11.5 Å². The molecule has 0 atom stereocenters. The van der Waals surface area contributed by atoms with Gasteiger partial charge in [0.15, 0.2) is 6.20 Å². The Hall–Kier alpha value is -3.17. The van der Waals surface area contributed by atoms with Crippen LogP contribution in [0, 0.1) is 6.92 Å². The number of aromatic nitrogens is 1. The van der Waals surface area contributed by atoms with Gasteiger partial charge in [0.25, 0.3) is 0 Å². The Morgan fingerprint density at radius 1 is 0.853 bits per heavy atom. The van der Waals surface area contributed by atoms with Crippen LogP contribution in [0.2, 0.25) is 19.6 Å². The first kappa shape index (κ1) is 21.4. The van der Waals surface area contributed by atoms with E-state index in [4.69, 9.17) is 4.74 Å². The number of ether oxygens (including phenoxy) is 1. The fourth-order valence-electron chi connectivity index (χ4n) is 6.00. The molecule has 4 aromatic carbocycles. The van der Waals surface area contributed by atoms with Gasteiger partial charge in [0.1, 0.15) is 18.5 Å². The second-order valence-corrected chi connectivity index (χ2v) is 16.2. The van der Waals surface area contributed by atoms with E-state index in [2.05, 4.69) is 113 Å². The van der Waals surface area contributed by atoms with E-state index in [9.17, 15) is 0 Å². The van der Waals surface area contributed by atoms with Crippen molar-refractivity contribution < 1.29 is 9.30 Å². The number of pyridine rings is 1. The van der Waals surface area contributed by atoms with Crippen LogP contribution >= 0.6 is 0 Å². The molecule has 5 aromatic rings. The molecule has 1 aliphatic rings. The maximum absolute atomic E-state index is 6.92. The second-order valence-electron chi connectivity index (χ2n) is 11.1. The molecule has 3 heteroatoms. The molecule has 2 nitrogen and oxygen atoms in total. The minimum atomic E-state index is -1.55. The Balaban J connectivity index is 1.86. The van der Waals surface area contributed by atoms with E-state index in [1.807, 2.05) is 0 Å². The van der Waals surface area contributed by atoms with E-state index >= 15 is 0 Å². The molecule has 0 spiro atoms. The Morgan fingerprint density at radius 2 is 1.59 bits per heavy atom. The van der Waals surface area contributed by atoms with Crippen LogP contribution in [0.4, 0.5) is 0 Å². The molecule has 0 N–H and O–H groups in total. The van der Waals surface area contributed by atoms with Crippen molar-refractivity contribution >= 4 is 45.6 Å². The molecule has 0 fully saturated rings. The summed E-state index contributed by atoms with van der Waals surface area (Å²) in [7, 11) is 0.627. The van der Waals surface area contributed by atoms with E-state index in [1.165, 1.54) is 59.9 Å². The van der Waals surface area contributed by atoms with Gasteiger partial charge in [0, 0.05) is 17.0 Å². The monoisotopic (exact) mass is 462 g/mol. The van der Waals surface area contributed by atoms with E-state index in [0.717, 1.165) is 11.5 Å². The van der Waals surface area contributed by atoms with Crippen molar-refractivity contribution in [3.8, 4) is 22.8 Å². The molecule has 0 unspecified atom stereocenters. The van der Waals surface area contributed by atoms with Gasteiger partial charge in [-0.25, -0.2) is 4.57 Å². The lowest BCUT2D eigenvalue weighted by Crippen LogP contribution is -2.38. The average Bonchev–Trinajstić information content (AvgIpc) is 2.79. The molecule has 0 saturated heterocycles. The molecule has 34 heavy (non-hydrogen) atoms. The fraction of sp³-hybridized carbons (Fsp3) is 0.258. The van der Waals surface area contributed by atoms with Crippen LogP contribution in [-0.2, 0) is 7.05 Å². The Morgan fingerprint density at radius 3 is 2.29 bits per heavy atom. The van der Waals surface area contributed by atoms with Crippen molar-refractivity contribution in [2.45, 2.75) is 46.3 Å². The van der Waals surface area contributed by atoms with Crippen LogP contribution in [0.25, 0.3) is 43.6 Å². The summed E-state index contributed by atoms with van der Waals surface area (Å²) in [4.78, 5) is 0. The number of rotatable bonds is 2. The van der Waals surface area contributed by atoms with Crippen molar-refractivity contribution in [3.05, 3.63) is 71.9 Å². The molecule has 0 saturated carbocycles. The number of nitrogens with zero attached hydrogens (tertiary/aromatic N) is 1. The topological polar surface area (TPSA) is 13.1 Å². The summed E-state index contributed by atoms with van der Waals surface area (Å²) >= 11 is 0. The molecule has 2 heterocycles. The summed E-state index contributed by atoms with van der Waals surface area (Å²) in [6.07, 6.45) is 2.24. The molecule has 1 aliphatic heterocycles. The Labute approximate surface area is 202 Å². The summed E-state index contributed by atoms with van der Waals surface area (Å²) in [5, 5.41) is 9.35. The third-order valence-corrected chi connectivity index (χ3v) is 9.56. The minimum absolute atomic E-state index is 0.351. The normalized spacial score (nSPS) is 13.1. The smallest absolute Gasteiger partial charge is 0.228 e. The molecule has 170 valence electrons. The maximum atomic E-state index is 6.92. The van der Waals surface area contributed by atoms with E-state index in [1.54, 1.807) is 0 Å². The lowest BCUT2D eigenvalue weighted by molar-refractivity contribution is -0.659. The highest BCUT2D eigenvalue weighted by Gasteiger charge is 2.34. The number of hydrogen-bond acceptors (Lipinski definition) is 1. The van der Waals surface area contributed by atoms with Crippen LogP contribution < -0.4 is 14.5 Å². The third-order valence-electron chi connectivity index (χ3n) is 7.52. The summed E-state index contributed by atoms with van der Waals surface area (Å²) in [6, 6.07) is 20.2. The minimum Gasteiger partial charge on any atom is -0.455 e. The predicted octanol–water partition coefficient (Wildman–Crippen LogP) is 7.72. The first-order chi connectivity index (χ1) is 16.2. The highest BCUT2D eigenvalue weighted by atomic mass is 28.3. The highest BCUT2D eigenvalue weighted by Crippen LogP contribution is 2.53. The van der Waals surface area contributed by atoms with E-state index in [-0.39, 0.29) is 0 Å².